The largest absolute Gasteiger partial charge is 0.454 e. The van der Waals surface area contributed by atoms with Crippen LogP contribution in [-0.4, -0.2) is 83.0 Å². The molecule has 1 amide bonds. The number of rotatable bonds is 8. The van der Waals surface area contributed by atoms with Crippen LogP contribution in [-0.2, 0) is 34.4 Å². The van der Waals surface area contributed by atoms with E-state index < -0.39 is 61.2 Å². The molecule has 1 N–H and O–H groups in total. The summed E-state index contributed by atoms with van der Waals surface area (Å²) >= 11 is 0. The maximum Gasteiger partial charge on any atom is 0.324 e. The molecule has 0 spiro atoms. The lowest BCUT2D eigenvalue weighted by Crippen LogP contribution is -2.51. The topological polar surface area (TPSA) is 130 Å². The van der Waals surface area contributed by atoms with Gasteiger partial charge in [0.25, 0.3) is 5.91 Å². The van der Waals surface area contributed by atoms with E-state index in [1.54, 1.807) is 13.8 Å². The number of hydrogen-bond donors (Lipinski definition) is 1. The third-order valence-electron chi connectivity index (χ3n) is 4.73. The molecule has 1 fully saturated rings. The minimum absolute atomic E-state index is 0.135. The summed E-state index contributed by atoms with van der Waals surface area (Å²) in [4.78, 5) is 25.5. The van der Waals surface area contributed by atoms with Crippen LogP contribution >= 0.6 is 0 Å². The molecular weight excluding hydrogens is 453 g/mol. The molecule has 1 atom stereocenters. The van der Waals surface area contributed by atoms with E-state index >= 15 is 0 Å². The van der Waals surface area contributed by atoms with E-state index in [-0.39, 0.29) is 26.2 Å². The Hall–Kier alpha value is -2.09. The predicted molar refractivity (Wildman–Crippen MR) is 109 cm³/mol. The molecule has 0 aliphatic carbocycles. The van der Waals surface area contributed by atoms with Crippen molar-refractivity contribution in [2.45, 2.75) is 24.8 Å². The normalized spacial score (nSPS) is 16.9. The maximum absolute atomic E-state index is 13.9. The summed E-state index contributed by atoms with van der Waals surface area (Å²) in [6.45, 7) is 3.09. The third-order valence-corrected chi connectivity index (χ3v) is 7.50. The highest BCUT2D eigenvalue weighted by Gasteiger charge is 2.32. The van der Waals surface area contributed by atoms with Crippen molar-refractivity contribution in [3.05, 3.63) is 30.1 Å². The molecule has 1 aromatic rings. The molecule has 0 unspecified atom stereocenters. The van der Waals surface area contributed by atoms with Gasteiger partial charge < -0.3 is 9.64 Å². The quantitative estimate of drug-likeness (QED) is 0.510. The summed E-state index contributed by atoms with van der Waals surface area (Å²) in [5.41, 5.74) is 0. The van der Waals surface area contributed by atoms with Crippen molar-refractivity contribution in [3.63, 3.8) is 0 Å². The monoisotopic (exact) mass is 479 g/mol. The first kappa shape index (κ1) is 25.2. The Labute approximate surface area is 181 Å². The predicted octanol–water partition coefficient (Wildman–Crippen LogP) is -0.224. The Kier molecular flexibility index (Phi) is 8.14. The summed E-state index contributed by atoms with van der Waals surface area (Å²) in [6.07, 6.45) is 1.08. The summed E-state index contributed by atoms with van der Waals surface area (Å²) in [6, 6.07) is 3.41. The Morgan fingerprint density at radius 1 is 1.10 bits per heavy atom. The number of amides is 1. The Morgan fingerprint density at radius 3 is 2.19 bits per heavy atom. The summed E-state index contributed by atoms with van der Waals surface area (Å²) in [5.74, 6) is -3.00. The second-order valence-electron chi connectivity index (χ2n) is 7.42. The van der Waals surface area contributed by atoms with Crippen LogP contribution < -0.4 is 4.72 Å². The first-order valence-corrected chi connectivity index (χ1v) is 12.8. The average molecular weight is 480 g/mol. The van der Waals surface area contributed by atoms with E-state index in [0.29, 0.717) is 0 Å². The van der Waals surface area contributed by atoms with Crippen LogP contribution in [0.25, 0.3) is 0 Å². The fourth-order valence-corrected chi connectivity index (χ4v) is 5.17. The van der Waals surface area contributed by atoms with Crippen molar-refractivity contribution >= 4 is 31.9 Å². The van der Waals surface area contributed by atoms with E-state index in [1.165, 1.54) is 21.3 Å². The molecule has 0 radical (unpaired) electrons. The van der Waals surface area contributed by atoms with Gasteiger partial charge in [0, 0.05) is 26.2 Å². The average Bonchev–Trinajstić information content (AvgIpc) is 2.69. The van der Waals surface area contributed by atoms with Gasteiger partial charge in [-0.25, -0.2) is 21.2 Å². The molecule has 0 aromatic heterocycles. The molecule has 1 aliphatic rings. The lowest BCUT2D eigenvalue weighted by molar-refractivity contribution is -0.154. The van der Waals surface area contributed by atoms with Crippen molar-refractivity contribution < 1.29 is 35.6 Å². The zero-order valence-electron chi connectivity index (χ0n) is 17.4. The molecule has 1 aromatic carbocycles. The Bertz CT molecular complexity index is 1020. The number of esters is 1. The zero-order valence-corrected chi connectivity index (χ0v) is 19.1. The second kappa shape index (κ2) is 10.0. The highest BCUT2D eigenvalue weighted by atomic mass is 32.2. The lowest BCUT2D eigenvalue weighted by atomic mass is 10.1. The highest BCUT2D eigenvalue weighted by molar-refractivity contribution is 7.89. The van der Waals surface area contributed by atoms with Gasteiger partial charge in [-0.3, -0.25) is 9.59 Å². The zero-order chi connectivity index (χ0) is 23.4. The first-order chi connectivity index (χ1) is 14.3. The van der Waals surface area contributed by atoms with Gasteiger partial charge in [0.15, 0.2) is 6.61 Å². The molecule has 10 nitrogen and oxygen atoms in total. The second-order valence-corrected chi connectivity index (χ2v) is 11.1. The fraction of sp³-hybridized carbons (Fsp3) is 0.556. The van der Waals surface area contributed by atoms with Crippen LogP contribution in [0, 0.1) is 11.7 Å². The van der Waals surface area contributed by atoms with Crippen LogP contribution in [0.5, 0.6) is 0 Å². The number of carbonyl (C=O) groups excluding carboxylic acids is 2. The maximum atomic E-state index is 13.9. The van der Waals surface area contributed by atoms with Gasteiger partial charge in [-0.05, 0) is 18.1 Å². The number of piperazine rings is 1. The lowest BCUT2D eigenvalue weighted by Gasteiger charge is -2.33. The van der Waals surface area contributed by atoms with Crippen molar-refractivity contribution in [1.29, 1.82) is 0 Å². The van der Waals surface area contributed by atoms with Crippen LogP contribution in [0.1, 0.15) is 13.8 Å². The standard InChI is InChI=1S/C18H26FN3O7S2/c1-13(2)17(20-31(27,28)15-7-5-4-6-14(15)19)18(24)29-12-16(23)21-8-10-22(11-9-21)30(3,25)26/h4-7,13,17,20H,8-12H2,1-3H3/t17-/m0/s1. The molecule has 13 heteroatoms. The molecule has 0 saturated carbocycles. The molecule has 1 saturated heterocycles. The summed E-state index contributed by atoms with van der Waals surface area (Å²) in [7, 11) is -7.69. The van der Waals surface area contributed by atoms with Crippen molar-refractivity contribution in [2.75, 3.05) is 39.0 Å². The van der Waals surface area contributed by atoms with E-state index in [0.717, 1.165) is 18.4 Å². The van der Waals surface area contributed by atoms with Crippen LogP contribution in [0.4, 0.5) is 4.39 Å². The van der Waals surface area contributed by atoms with E-state index in [2.05, 4.69) is 4.72 Å². The molecular formula is C18H26FN3O7S2. The van der Waals surface area contributed by atoms with Crippen molar-refractivity contribution in [2.24, 2.45) is 5.92 Å². The molecule has 1 aliphatic heterocycles. The number of nitrogens with one attached hydrogen (secondary N) is 1. The molecule has 1 heterocycles. The molecule has 174 valence electrons. The first-order valence-electron chi connectivity index (χ1n) is 9.49. The van der Waals surface area contributed by atoms with Gasteiger partial charge in [0.05, 0.1) is 6.26 Å². The number of benzene rings is 1. The Balaban J connectivity index is 1.97. The summed E-state index contributed by atoms with van der Waals surface area (Å²) in [5, 5.41) is 0. The van der Waals surface area contributed by atoms with Crippen molar-refractivity contribution in [3.8, 4) is 0 Å². The smallest absolute Gasteiger partial charge is 0.324 e. The van der Waals surface area contributed by atoms with Gasteiger partial charge in [-0.15, -0.1) is 0 Å². The minimum atomic E-state index is -4.34. The number of halogens is 1. The van der Waals surface area contributed by atoms with Gasteiger partial charge in [-0.2, -0.15) is 9.03 Å². The Morgan fingerprint density at radius 2 is 1.68 bits per heavy atom. The number of nitrogens with zero attached hydrogens (tertiary/aromatic N) is 2. The van der Waals surface area contributed by atoms with E-state index in [4.69, 9.17) is 4.74 Å². The van der Waals surface area contributed by atoms with Gasteiger partial charge >= 0.3 is 5.97 Å². The van der Waals surface area contributed by atoms with E-state index in [1.807, 2.05) is 0 Å². The fourth-order valence-electron chi connectivity index (χ4n) is 2.93. The SMILES string of the molecule is CC(C)[C@H](NS(=O)(=O)c1ccccc1F)C(=O)OCC(=O)N1CCN(S(C)(=O)=O)CC1. The van der Waals surface area contributed by atoms with Crippen LogP contribution in [0.15, 0.2) is 29.2 Å². The van der Waals surface area contributed by atoms with Gasteiger partial charge in [0.1, 0.15) is 16.8 Å². The molecule has 2 rings (SSSR count). The highest BCUT2D eigenvalue weighted by Crippen LogP contribution is 2.16. The van der Waals surface area contributed by atoms with Crippen LogP contribution in [0.2, 0.25) is 0 Å². The number of sulfonamides is 2. The third kappa shape index (κ3) is 6.69. The molecule has 0 bridgehead atoms. The summed E-state index contributed by atoms with van der Waals surface area (Å²) < 4.78 is 70.3. The van der Waals surface area contributed by atoms with Gasteiger partial charge in [-0.1, -0.05) is 26.0 Å². The number of ether oxygens (including phenoxy) is 1. The minimum Gasteiger partial charge on any atom is -0.454 e. The van der Waals surface area contributed by atoms with Crippen LogP contribution in [0.3, 0.4) is 0 Å². The van der Waals surface area contributed by atoms with Crippen molar-refractivity contribution in [1.82, 2.24) is 13.9 Å². The number of hydrogen-bond acceptors (Lipinski definition) is 7. The van der Waals surface area contributed by atoms with E-state index in [9.17, 15) is 30.8 Å². The number of carbonyl (C=O) groups is 2. The molecule has 31 heavy (non-hydrogen) atoms. The van der Waals surface area contributed by atoms with Gasteiger partial charge in [0.2, 0.25) is 20.0 Å².